The Balaban J connectivity index is 1.65. The lowest BCUT2D eigenvalue weighted by Crippen LogP contribution is -2.27. The van der Waals surface area contributed by atoms with Gasteiger partial charge in [0.2, 0.25) is 5.91 Å². The summed E-state index contributed by atoms with van der Waals surface area (Å²) in [7, 11) is 0. The molecule has 2 aliphatic rings. The van der Waals surface area contributed by atoms with Crippen molar-refractivity contribution in [3.8, 4) is 0 Å². The zero-order valence-corrected chi connectivity index (χ0v) is 10.1. The number of fused-ring (bicyclic) bond motifs is 2. The fourth-order valence-corrected chi connectivity index (χ4v) is 3.33. The maximum Gasteiger partial charge on any atom is 0.228 e. The van der Waals surface area contributed by atoms with Gasteiger partial charge in [0, 0.05) is 12.1 Å². The molecule has 3 atom stereocenters. The van der Waals surface area contributed by atoms with E-state index in [2.05, 4.69) is 10.3 Å². The first-order chi connectivity index (χ1) is 8.22. The summed E-state index contributed by atoms with van der Waals surface area (Å²) in [6.07, 6.45) is 6.71. The lowest BCUT2D eigenvalue weighted by atomic mass is 9.88. The Morgan fingerprint density at radius 1 is 1.35 bits per heavy atom. The summed E-state index contributed by atoms with van der Waals surface area (Å²) in [4.78, 5) is 16.4. The van der Waals surface area contributed by atoms with Crippen molar-refractivity contribution in [2.75, 3.05) is 5.32 Å². The number of carbonyl (C=O) groups is 1. The van der Waals surface area contributed by atoms with Crippen LogP contribution in [0.2, 0.25) is 0 Å². The van der Waals surface area contributed by atoms with Gasteiger partial charge in [0.1, 0.15) is 5.82 Å². The summed E-state index contributed by atoms with van der Waals surface area (Å²) in [6, 6.07) is 3.85. The van der Waals surface area contributed by atoms with Crippen LogP contribution in [0.5, 0.6) is 0 Å². The molecule has 0 aromatic carbocycles. The summed E-state index contributed by atoms with van der Waals surface area (Å²) in [6.45, 7) is 1.99. The molecule has 0 spiro atoms. The van der Waals surface area contributed by atoms with Crippen LogP contribution in [0.3, 0.4) is 0 Å². The first kappa shape index (κ1) is 10.8. The number of pyridine rings is 1. The van der Waals surface area contributed by atoms with Gasteiger partial charge >= 0.3 is 0 Å². The summed E-state index contributed by atoms with van der Waals surface area (Å²) in [5.74, 6) is 2.53. The van der Waals surface area contributed by atoms with Crippen LogP contribution in [-0.2, 0) is 4.79 Å². The number of nitrogens with zero attached hydrogens (tertiary/aromatic N) is 1. The summed E-state index contributed by atoms with van der Waals surface area (Å²) in [5, 5.41) is 2.95. The van der Waals surface area contributed by atoms with Gasteiger partial charge in [-0.1, -0.05) is 12.5 Å². The second-order valence-electron chi connectivity index (χ2n) is 5.49. The van der Waals surface area contributed by atoms with Crippen molar-refractivity contribution in [2.24, 2.45) is 17.8 Å². The second kappa shape index (κ2) is 4.13. The van der Waals surface area contributed by atoms with E-state index in [0.29, 0.717) is 11.7 Å². The molecule has 0 unspecified atom stereocenters. The van der Waals surface area contributed by atoms with Crippen LogP contribution in [0.15, 0.2) is 18.3 Å². The summed E-state index contributed by atoms with van der Waals surface area (Å²) in [5.41, 5.74) is 1.11. The van der Waals surface area contributed by atoms with Gasteiger partial charge in [0.15, 0.2) is 0 Å². The smallest absolute Gasteiger partial charge is 0.228 e. The molecule has 90 valence electrons. The molecule has 0 saturated heterocycles. The van der Waals surface area contributed by atoms with Gasteiger partial charge in [0.25, 0.3) is 0 Å². The highest BCUT2D eigenvalue weighted by atomic mass is 16.2. The summed E-state index contributed by atoms with van der Waals surface area (Å²) < 4.78 is 0. The van der Waals surface area contributed by atoms with E-state index >= 15 is 0 Å². The fourth-order valence-electron chi connectivity index (χ4n) is 3.33. The fraction of sp³-hybridized carbons (Fsp3) is 0.571. The Hall–Kier alpha value is -1.38. The Morgan fingerprint density at radius 3 is 2.82 bits per heavy atom. The molecule has 1 heterocycles. The minimum atomic E-state index is 0.175. The third kappa shape index (κ3) is 2.06. The van der Waals surface area contributed by atoms with Crippen molar-refractivity contribution in [2.45, 2.75) is 32.6 Å². The van der Waals surface area contributed by atoms with Crippen molar-refractivity contribution >= 4 is 11.7 Å². The van der Waals surface area contributed by atoms with E-state index in [1.54, 1.807) is 6.20 Å². The van der Waals surface area contributed by atoms with Gasteiger partial charge in [-0.2, -0.15) is 0 Å². The van der Waals surface area contributed by atoms with E-state index in [4.69, 9.17) is 0 Å². The molecule has 0 aliphatic heterocycles. The molecule has 2 aliphatic carbocycles. The Bertz CT molecular complexity index is 426. The first-order valence-corrected chi connectivity index (χ1v) is 6.46. The van der Waals surface area contributed by atoms with Crippen LogP contribution in [0.4, 0.5) is 5.82 Å². The van der Waals surface area contributed by atoms with Crippen LogP contribution in [0, 0.1) is 24.7 Å². The molecular weight excluding hydrogens is 212 g/mol. The molecule has 3 rings (SSSR count). The average Bonchev–Trinajstić information content (AvgIpc) is 2.94. The number of anilines is 1. The van der Waals surface area contributed by atoms with Gasteiger partial charge in [-0.25, -0.2) is 4.98 Å². The van der Waals surface area contributed by atoms with Crippen molar-refractivity contribution in [3.05, 3.63) is 23.9 Å². The quantitative estimate of drug-likeness (QED) is 0.848. The van der Waals surface area contributed by atoms with Crippen molar-refractivity contribution in [1.82, 2.24) is 4.98 Å². The van der Waals surface area contributed by atoms with Gasteiger partial charge in [0.05, 0.1) is 0 Å². The lowest BCUT2D eigenvalue weighted by Gasteiger charge is -2.20. The molecule has 1 N–H and O–H groups in total. The standard InChI is InChI=1S/C14H18N2O/c1-9-2-5-13(15-8-9)16-14(17)12-7-10-3-4-11(12)6-10/h2,5,8,10-12H,3-4,6-7H2,1H3,(H,15,16,17)/t10-,11+,12-/m0/s1. The Kier molecular flexibility index (Phi) is 2.61. The van der Waals surface area contributed by atoms with Gasteiger partial charge in [-0.15, -0.1) is 0 Å². The van der Waals surface area contributed by atoms with Crippen molar-refractivity contribution in [3.63, 3.8) is 0 Å². The zero-order valence-electron chi connectivity index (χ0n) is 10.1. The normalized spacial score (nSPS) is 30.5. The van der Waals surface area contributed by atoms with Crippen LogP contribution in [-0.4, -0.2) is 10.9 Å². The van der Waals surface area contributed by atoms with Crippen LogP contribution in [0.25, 0.3) is 0 Å². The molecule has 1 aromatic rings. The lowest BCUT2D eigenvalue weighted by molar-refractivity contribution is -0.121. The van der Waals surface area contributed by atoms with E-state index in [-0.39, 0.29) is 11.8 Å². The zero-order chi connectivity index (χ0) is 11.8. The highest BCUT2D eigenvalue weighted by molar-refractivity contribution is 5.92. The van der Waals surface area contributed by atoms with Crippen LogP contribution >= 0.6 is 0 Å². The van der Waals surface area contributed by atoms with Gasteiger partial charge in [-0.3, -0.25) is 4.79 Å². The van der Waals surface area contributed by atoms with E-state index in [1.165, 1.54) is 19.3 Å². The SMILES string of the molecule is Cc1ccc(NC(=O)[C@H]2C[C@H]3CC[C@@H]2C3)nc1. The number of carbonyl (C=O) groups excluding carboxylic acids is 1. The highest BCUT2D eigenvalue weighted by Crippen LogP contribution is 2.48. The van der Waals surface area contributed by atoms with E-state index in [0.717, 1.165) is 17.9 Å². The number of hydrogen-bond acceptors (Lipinski definition) is 2. The minimum Gasteiger partial charge on any atom is -0.310 e. The molecule has 2 bridgehead atoms. The molecule has 1 amide bonds. The molecule has 3 nitrogen and oxygen atoms in total. The minimum absolute atomic E-state index is 0.175. The average molecular weight is 230 g/mol. The molecule has 17 heavy (non-hydrogen) atoms. The number of aryl methyl sites for hydroxylation is 1. The van der Waals surface area contributed by atoms with E-state index in [9.17, 15) is 4.79 Å². The topological polar surface area (TPSA) is 42.0 Å². The molecule has 0 radical (unpaired) electrons. The third-order valence-corrected chi connectivity index (χ3v) is 4.24. The number of rotatable bonds is 2. The third-order valence-electron chi connectivity index (χ3n) is 4.24. The molecular formula is C14H18N2O. The second-order valence-corrected chi connectivity index (χ2v) is 5.49. The Labute approximate surface area is 102 Å². The first-order valence-electron chi connectivity index (χ1n) is 6.46. The van der Waals surface area contributed by atoms with Gasteiger partial charge in [-0.05, 0) is 49.7 Å². The number of hydrogen-bond donors (Lipinski definition) is 1. The maximum absolute atomic E-state index is 12.1. The Morgan fingerprint density at radius 2 is 2.24 bits per heavy atom. The van der Waals surface area contributed by atoms with Crippen LogP contribution in [0.1, 0.15) is 31.2 Å². The van der Waals surface area contributed by atoms with Crippen molar-refractivity contribution in [1.29, 1.82) is 0 Å². The predicted octanol–water partition coefficient (Wildman–Crippen LogP) is 2.76. The summed E-state index contributed by atoms with van der Waals surface area (Å²) >= 11 is 0. The van der Waals surface area contributed by atoms with E-state index in [1.807, 2.05) is 19.1 Å². The number of nitrogens with one attached hydrogen (secondary N) is 1. The maximum atomic E-state index is 12.1. The number of aromatic nitrogens is 1. The molecule has 3 heteroatoms. The molecule has 2 fully saturated rings. The van der Waals surface area contributed by atoms with Crippen molar-refractivity contribution < 1.29 is 4.79 Å². The predicted molar refractivity (Wildman–Crippen MR) is 66.5 cm³/mol. The van der Waals surface area contributed by atoms with Crippen LogP contribution < -0.4 is 5.32 Å². The monoisotopic (exact) mass is 230 g/mol. The van der Waals surface area contributed by atoms with Gasteiger partial charge < -0.3 is 5.32 Å². The van der Waals surface area contributed by atoms with E-state index < -0.39 is 0 Å². The molecule has 1 aromatic heterocycles. The molecule has 2 saturated carbocycles. The largest absolute Gasteiger partial charge is 0.310 e. The highest BCUT2D eigenvalue weighted by Gasteiger charge is 2.43. The number of amides is 1.